The van der Waals surface area contributed by atoms with Gasteiger partial charge in [-0.3, -0.25) is 9.69 Å². The molecule has 1 aliphatic heterocycles. The maximum absolute atomic E-state index is 14.7. The van der Waals surface area contributed by atoms with Gasteiger partial charge >= 0.3 is 6.09 Å². The molecule has 0 radical (unpaired) electrons. The minimum absolute atomic E-state index is 0.104. The van der Waals surface area contributed by atoms with Gasteiger partial charge in [-0.1, -0.05) is 6.07 Å². The highest BCUT2D eigenvalue weighted by molar-refractivity contribution is 6.04. The fourth-order valence-corrected chi connectivity index (χ4v) is 3.59. The molecular formula is C22H23FN6O4. The van der Waals surface area contributed by atoms with Crippen molar-refractivity contribution in [3.05, 3.63) is 59.2 Å². The Labute approximate surface area is 189 Å². The van der Waals surface area contributed by atoms with Crippen LogP contribution < -0.4 is 5.32 Å². The number of fused-ring (bicyclic) bond motifs is 1. The van der Waals surface area contributed by atoms with Gasteiger partial charge < -0.3 is 19.7 Å². The molecule has 172 valence electrons. The lowest BCUT2D eigenvalue weighted by molar-refractivity contribution is 0.102. The Morgan fingerprint density at radius 2 is 2.03 bits per heavy atom. The van der Waals surface area contributed by atoms with E-state index in [9.17, 15) is 19.1 Å². The highest BCUT2D eigenvalue weighted by Crippen LogP contribution is 2.27. The lowest BCUT2D eigenvalue weighted by Gasteiger charge is -2.13. The van der Waals surface area contributed by atoms with Crippen molar-refractivity contribution in [3.8, 4) is 11.5 Å². The predicted octanol–water partition coefficient (Wildman–Crippen LogP) is 2.76. The van der Waals surface area contributed by atoms with E-state index >= 15 is 0 Å². The van der Waals surface area contributed by atoms with E-state index in [4.69, 9.17) is 4.74 Å². The summed E-state index contributed by atoms with van der Waals surface area (Å²) in [6.45, 7) is 4.12. The molecular weight excluding hydrogens is 431 g/mol. The van der Waals surface area contributed by atoms with E-state index in [-0.39, 0.29) is 43.7 Å². The molecule has 0 aliphatic carbocycles. The van der Waals surface area contributed by atoms with Crippen LogP contribution in [0.3, 0.4) is 0 Å². The number of pyridine rings is 1. The third kappa shape index (κ3) is 4.53. The minimum atomic E-state index is -0.690. The van der Waals surface area contributed by atoms with Crippen LogP contribution in [0.1, 0.15) is 41.4 Å². The largest absolute Gasteiger partial charge is 0.450 e. The first-order valence-electron chi connectivity index (χ1n) is 10.4. The first kappa shape index (κ1) is 22.3. The average Bonchev–Trinajstić information content (AvgIpc) is 3.45. The van der Waals surface area contributed by atoms with Gasteiger partial charge in [0.1, 0.15) is 23.7 Å². The standard InChI is InChI=1S/C22H23FN6O4/c1-3-33-22(32)28-9-14-7-16(17(23)8-15(14)10-28)21(31)26-19-6-4-5-18(25-19)20-27-24-12-29(20)13(2)11-30/h4-8,12-13,30H,3,9-11H2,1-2H3,(H,25,26,31)/t13-/m1/s1. The number of rotatable bonds is 6. The molecule has 11 heteroatoms. The SMILES string of the molecule is CCOC(=O)N1Cc2cc(F)c(C(=O)Nc3cccc(-c4nncn4[C@H](C)CO)n3)cc2C1. The van der Waals surface area contributed by atoms with Gasteiger partial charge in [0.05, 0.1) is 24.8 Å². The van der Waals surface area contributed by atoms with Gasteiger partial charge in [-0.15, -0.1) is 10.2 Å². The van der Waals surface area contributed by atoms with Crippen LogP contribution in [0.2, 0.25) is 0 Å². The molecule has 0 saturated carbocycles. The van der Waals surface area contributed by atoms with Crippen molar-refractivity contribution in [1.82, 2.24) is 24.6 Å². The maximum atomic E-state index is 14.7. The number of hydrogen-bond donors (Lipinski definition) is 2. The number of amides is 2. The van der Waals surface area contributed by atoms with Crippen molar-refractivity contribution in [2.75, 3.05) is 18.5 Å². The number of nitrogens with zero attached hydrogens (tertiary/aromatic N) is 5. The number of hydrogen-bond acceptors (Lipinski definition) is 7. The molecule has 3 heterocycles. The molecule has 1 aromatic carbocycles. The molecule has 0 unspecified atom stereocenters. The molecule has 0 saturated heterocycles. The van der Waals surface area contributed by atoms with E-state index in [0.717, 1.165) is 0 Å². The van der Waals surface area contributed by atoms with Gasteiger partial charge in [-0.2, -0.15) is 0 Å². The summed E-state index contributed by atoms with van der Waals surface area (Å²) in [5.74, 6) is -0.725. The normalized spacial score (nSPS) is 13.5. The second-order valence-electron chi connectivity index (χ2n) is 7.61. The third-order valence-electron chi connectivity index (χ3n) is 5.31. The number of aliphatic hydroxyl groups is 1. The number of nitrogens with one attached hydrogen (secondary N) is 1. The number of ether oxygens (including phenoxy) is 1. The molecule has 2 aromatic heterocycles. The Kier molecular flexibility index (Phi) is 6.31. The van der Waals surface area contributed by atoms with Gasteiger partial charge in [0.25, 0.3) is 5.91 Å². The Balaban J connectivity index is 1.54. The van der Waals surface area contributed by atoms with E-state index in [1.807, 2.05) is 0 Å². The number of aliphatic hydroxyl groups excluding tert-OH is 1. The third-order valence-corrected chi connectivity index (χ3v) is 5.31. The number of anilines is 1. The van der Waals surface area contributed by atoms with Crippen LogP contribution in [-0.2, 0) is 17.8 Å². The minimum Gasteiger partial charge on any atom is -0.450 e. The van der Waals surface area contributed by atoms with E-state index in [1.165, 1.54) is 23.4 Å². The van der Waals surface area contributed by atoms with E-state index in [0.29, 0.717) is 22.6 Å². The number of halogens is 1. The highest BCUT2D eigenvalue weighted by Gasteiger charge is 2.27. The molecule has 1 atom stereocenters. The second-order valence-corrected chi connectivity index (χ2v) is 7.61. The molecule has 1 aliphatic rings. The summed E-state index contributed by atoms with van der Waals surface area (Å²) in [6, 6.07) is 7.40. The van der Waals surface area contributed by atoms with Crippen molar-refractivity contribution < 1.29 is 23.8 Å². The zero-order valence-corrected chi connectivity index (χ0v) is 18.2. The lowest BCUT2D eigenvalue weighted by Crippen LogP contribution is -2.25. The summed E-state index contributed by atoms with van der Waals surface area (Å²) < 4.78 is 21.4. The first-order chi connectivity index (χ1) is 15.9. The number of carbonyl (C=O) groups excluding carboxylic acids is 2. The van der Waals surface area contributed by atoms with Gasteiger partial charge in [0.2, 0.25) is 0 Å². The first-order valence-corrected chi connectivity index (χ1v) is 10.4. The molecule has 2 amide bonds. The molecule has 0 spiro atoms. The van der Waals surface area contributed by atoms with Crippen LogP contribution in [0.5, 0.6) is 0 Å². The van der Waals surface area contributed by atoms with E-state index < -0.39 is 17.8 Å². The van der Waals surface area contributed by atoms with Crippen LogP contribution in [0.15, 0.2) is 36.7 Å². The van der Waals surface area contributed by atoms with E-state index in [2.05, 4.69) is 20.5 Å². The number of benzene rings is 1. The van der Waals surface area contributed by atoms with Crippen molar-refractivity contribution in [1.29, 1.82) is 0 Å². The topological polar surface area (TPSA) is 122 Å². The van der Waals surface area contributed by atoms with Crippen molar-refractivity contribution >= 4 is 17.8 Å². The molecule has 4 rings (SSSR count). The summed E-state index contributed by atoms with van der Waals surface area (Å²) >= 11 is 0. The highest BCUT2D eigenvalue weighted by atomic mass is 19.1. The molecule has 10 nitrogen and oxygen atoms in total. The fraction of sp³-hybridized carbons (Fsp3) is 0.318. The van der Waals surface area contributed by atoms with Gasteiger partial charge in [-0.25, -0.2) is 14.2 Å². The van der Waals surface area contributed by atoms with Crippen molar-refractivity contribution in [3.63, 3.8) is 0 Å². The smallest absolute Gasteiger partial charge is 0.410 e. The fourth-order valence-electron chi connectivity index (χ4n) is 3.59. The van der Waals surface area contributed by atoms with Crippen LogP contribution >= 0.6 is 0 Å². The zero-order valence-electron chi connectivity index (χ0n) is 18.2. The Morgan fingerprint density at radius 1 is 1.27 bits per heavy atom. The summed E-state index contributed by atoms with van der Waals surface area (Å²) in [5, 5.41) is 19.9. The maximum Gasteiger partial charge on any atom is 0.410 e. The van der Waals surface area contributed by atoms with Crippen LogP contribution in [0.4, 0.5) is 15.0 Å². The number of carbonyl (C=O) groups is 2. The predicted molar refractivity (Wildman–Crippen MR) is 116 cm³/mol. The molecule has 3 aromatic rings. The second kappa shape index (κ2) is 9.33. The summed E-state index contributed by atoms with van der Waals surface area (Å²) in [7, 11) is 0. The Morgan fingerprint density at radius 3 is 2.76 bits per heavy atom. The van der Waals surface area contributed by atoms with Crippen molar-refractivity contribution in [2.24, 2.45) is 0 Å². The molecule has 2 N–H and O–H groups in total. The lowest BCUT2D eigenvalue weighted by atomic mass is 10.1. The van der Waals surface area contributed by atoms with Gasteiger partial charge in [0, 0.05) is 13.1 Å². The quantitative estimate of drug-likeness (QED) is 0.587. The summed E-state index contributed by atoms with van der Waals surface area (Å²) in [4.78, 5) is 30.6. The van der Waals surface area contributed by atoms with Crippen LogP contribution in [-0.4, -0.2) is 55.0 Å². The Bertz CT molecular complexity index is 1200. The van der Waals surface area contributed by atoms with E-state index in [1.54, 1.807) is 36.6 Å². The monoisotopic (exact) mass is 454 g/mol. The zero-order chi connectivity index (χ0) is 23.5. The summed E-state index contributed by atoms with van der Waals surface area (Å²) in [6.07, 6.45) is 1.01. The van der Waals surface area contributed by atoms with Crippen LogP contribution in [0, 0.1) is 5.82 Å². The number of aromatic nitrogens is 4. The van der Waals surface area contributed by atoms with Crippen LogP contribution in [0.25, 0.3) is 11.5 Å². The molecule has 0 fully saturated rings. The van der Waals surface area contributed by atoms with Gasteiger partial charge in [-0.05, 0) is 49.2 Å². The van der Waals surface area contributed by atoms with Gasteiger partial charge in [0.15, 0.2) is 5.82 Å². The van der Waals surface area contributed by atoms with Crippen molar-refractivity contribution in [2.45, 2.75) is 33.0 Å². The molecule has 0 bridgehead atoms. The average molecular weight is 454 g/mol. The molecule has 33 heavy (non-hydrogen) atoms. The summed E-state index contributed by atoms with van der Waals surface area (Å²) in [5.41, 5.74) is 1.60. The Hall–Kier alpha value is -3.86.